The molecule has 1 N–H and O–H groups in total. The van der Waals surface area contributed by atoms with Gasteiger partial charge in [-0.25, -0.2) is 0 Å². The zero-order valence-corrected chi connectivity index (χ0v) is 12.7. The summed E-state index contributed by atoms with van der Waals surface area (Å²) >= 11 is 0. The van der Waals surface area contributed by atoms with E-state index >= 15 is 0 Å². The molecule has 1 amide bonds. The number of hydrogen-bond donors (Lipinski definition) is 1. The molecule has 0 saturated carbocycles. The van der Waals surface area contributed by atoms with Crippen molar-refractivity contribution in [2.24, 2.45) is 7.05 Å². The predicted molar refractivity (Wildman–Crippen MR) is 86.7 cm³/mol. The Morgan fingerprint density at radius 1 is 1.17 bits per heavy atom. The molecular formula is C18H16N2O3. The van der Waals surface area contributed by atoms with Crippen LogP contribution in [0.2, 0.25) is 0 Å². The molecule has 3 aromatic rings. The third kappa shape index (κ3) is 2.40. The Morgan fingerprint density at radius 2 is 2.04 bits per heavy atom. The normalized spacial score (nSPS) is 12.6. The van der Waals surface area contributed by atoms with E-state index in [1.54, 1.807) is 0 Å². The van der Waals surface area contributed by atoms with Crippen LogP contribution in [0.1, 0.15) is 15.9 Å². The number of fused-ring (bicyclic) bond motifs is 2. The van der Waals surface area contributed by atoms with Gasteiger partial charge in [0.25, 0.3) is 5.91 Å². The number of ether oxygens (including phenoxy) is 2. The molecule has 2 aromatic carbocycles. The molecule has 0 saturated heterocycles. The maximum atomic E-state index is 12.5. The van der Waals surface area contributed by atoms with Crippen LogP contribution in [0.5, 0.6) is 11.5 Å². The summed E-state index contributed by atoms with van der Waals surface area (Å²) in [5.41, 5.74) is 2.70. The van der Waals surface area contributed by atoms with Crippen molar-refractivity contribution in [2.75, 3.05) is 6.79 Å². The number of benzene rings is 2. The lowest BCUT2D eigenvalue weighted by Gasteiger charge is -2.08. The Kier molecular flexibility index (Phi) is 3.19. The van der Waals surface area contributed by atoms with E-state index in [9.17, 15) is 4.79 Å². The van der Waals surface area contributed by atoms with Gasteiger partial charge in [-0.05, 0) is 35.9 Å². The van der Waals surface area contributed by atoms with Gasteiger partial charge in [-0.2, -0.15) is 0 Å². The van der Waals surface area contributed by atoms with Crippen LogP contribution in [0, 0.1) is 0 Å². The highest BCUT2D eigenvalue weighted by atomic mass is 16.7. The standard InChI is InChI=1S/C18H16N2O3/c1-20-8-7-13-14(3-2-4-15(13)20)18(21)19-10-12-5-6-16-17(9-12)23-11-22-16/h2-9H,10-11H2,1H3,(H,19,21). The van der Waals surface area contributed by atoms with Crippen molar-refractivity contribution in [3.63, 3.8) is 0 Å². The lowest BCUT2D eigenvalue weighted by atomic mass is 10.1. The maximum Gasteiger partial charge on any atom is 0.252 e. The number of carbonyl (C=O) groups is 1. The second-order valence-corrected chi connectivity index (χ2v) is 5.54. The van der Waals surface area contributed by atoms with Crippen LogP contribution in [-0.2, 0) is 13.6 Å². The van der Waals surface area contributed by atoms with Crippen LogP contribution in [0.15, 0.2) is 48.7 Å². The number of nitrogens with one attached hydrogen (secondary N) is 1. The molecule has 0 bridgehead atoms. The first-order chi connectivity index (χ1) is 11.2. The van der Waals surface area contributed by atoms with Gasteiger partial charge < -0.3 is 19.4 Å². The number of aryl methyl sites for hydroxylation is 1. The topological polar surface area (TPSA) is 52.5 Å². The molecule has 1 aliphatic heterocycles. The molecule has 0 spiro atoms. The molecule has 1 aromatic heterocycles. The van der Waals surface area contributed by atoms with E-state index < -0.39 is 0 Å². The number of hydrogen-bond acceptors (Lipinski definition) is 3. The SMILES string of the molecule is Cn1ccc2c(C(=O)NCc3ccc4c(c3)OCO4)cccc21. The van der Waals surface area contributed by atoms with Crippen molar-refractivity contribution in [3.8, 4) is 11.5 Å². The first kappa shape index (κ1) is 13.7. The number of rotatable bonds is 3. The van der Waals surface area contributed by atoms with Gasteiger partial charge in [0.1, 0.15) is 0 Å². The van der Waals surface area contributed by atoms with E-state index in [-0.39, 0.29) is 12.7 Å². The van der Waals surface area contributed by atoms with Gasteiger partial charge in [-0.1, -0.05) is 12.1 Å². The fourth-order valence-electron chi connectivity index (χ4n) is 2.83. The highest BCUT2D eigenvalue weighted by molar-refractivity contribution is 6.06. The molecule has 0 unspecified atom stereocenters. The summed E-state index contributed by atoms with van der Waals surface area (Å²) in [5.74, 6) is 1.38. The fraction of sp³-hybridized carbons (Fsp3) is 0.167. The Bertz CT molecular complexity index is 898. The highest BCUT2D eigenvalue weighted by Crippen LogP contribution is 2.32. The molecular weight excluding hydrogens is 292 g/mol. The van der Waals surface area contributed by atoms with Crippen molar-refractivity contribution in [1.82, 2.24) is 9.88 Å². The molecule has 23 heavy (non-hydrogen) atoms. The molecule has 0 radical (unpaired) electrons. The van der Waals surface area contributed by atoms with Crippen molar-refractivity contribution >= 4 is 16.8 Å². The molecule has 1 aliphatic rings. The Labute approximate surface area is 133 Å². The van der Waals surface area contributed by atoms with E-state index in [2.05, 4.69) is 5.32 Å². The average Bonchev–Trinajstić information content (AvgIpc) is 3.19. The van der Waals surface area contributed by atoms with E-state index in [1.807, 2.05) is 60.3 Å². The zero-order chi connectivity index (χ0) is 15.8. The molecule has 116 valence electrons. The van der Waals surface area contributed by atoms with Crippen molar-refractivity contribution in [3.05, 3.63) is 59.8 Å². The molecule has 0 aliphatic carbocycles. The molecule has 5 nitrogen and oxygen atoms in total. The van der Waals surface area contributed by atoms with Gasteiger partial charge >= 0.3 is 0 Å². The van der Waals surface area contributed by atoms with E-state index in [1.165, 1.54) is 0 Å². The predicted octanol–water partition coefficient (Wildman–Crippen LogP) is 2.84. The van der Waals surface area contributed by atoms with Gasteiger partial charge in [0.2, 0.25) is 6.79 Å². The monoisotopic (exact) mass is 308 g/mol. The smallest absolute Gasteiger partial charge is 0.252 e. The molecule has 4 rings (SSSR count). The number of aromatic nitrogens is 1. The third-order valence-electron chi connectivity index (χ3n) is 4.06. The summed E-state index contributed by atoms with van der Waals surface area (Å²) in [7, 11) is 1.97. The van der Waals surface area contributed by atoms with Crippen molar-refractivity contribution in [1.29, 1.82) is 0 Å². The largest absolute Gasteiger partial charge is 0.454 e. The molecule has 5 heteroatoms. The first-order valence-corrected chi connectivity index (χ1v) is 7.43. The Morgan fingerprint density at radius 3 is 2.96 bits per heavy atom. The summed E-state index contributed by atoms with van der Waals surface area (Å²) in [6.45, 7) is 0.694. The highest BCUT2D eigenvalue weighted by Gasteiger charge is 2.14. The summed E-state index contributed by atoms with van der Waals surface area (Å²) in [5, 5.41) is 3.92. The number of nitrogens with zero attached hydrogens (tertiary/aromatic N) is 1. The van der Waals surface area contributed by atoms with Crippen LogP contribution >= 0.6 is 0 Å². The van der Waals surface area contributed by atoms with E-state index in [0.29, 0.717) is 12.1 Å². The van der Waals surface area contributed by atoms with Crippen molar-refractivity contribution < 1.29 is 14.3 Å². The van der Waals surface area contributed by atoms with Crippen LogP contribution in [-0.4, -0.2) is 17.3 Å². The summed E-state index contributed by atoms with van der Waals surface area (Å²) in [4.78, 5) is 12.5. The molecule has 2 heterocycles. The first-order valence-electron chi connectivity index (χ1n) is 7.43. The van der Waals surface area contributed by atoms with E-state index in [0.717, 1.165) is 28.0 Å². The van der Waals surface area contributed by atoms with Crippen LogP contribution in [0.3, 0.4) is 0 Å². The summed E-state index contributed by atoms with van der Waals surface area (Å²) < 4.78 is 12.6. The minimum atomic E-state index is -0.0838. The maximum absolute atomic E-state index is 12.5. The van der Waals surface area contributed by atoms with Gasteiger partial charge in [0.15, 0.2) is 11.5 Å². The zero-order valence-electron chi connectivity index (χ0n) is 12.7. The Hall–Kier alpha value is -2.95. The fourth-order valence-corrected chi connectivity index (χ4v) is 2.83. The lowest BCUT2D eigenvalue weighted by Crippen LogP contribution is -2.22. The summed E-state index contributed by atoms with van der Waals surface area (Å²) in [6, 6.07) is 13.4. The van der Waals surface area contributed by atoms with Gasteiger partial charge in [-0.15, -0.1) is 0 Å². The minimum absolute atomic E-state index is 0.0838. The quantitative estimate of drug-likeness (QED) is 0.809. The Balaban J connectivity index is 1.53. The third-order valence-corrected chi connectivity index (χ3v) is 4.06. The second kappa shape index (κ2) is 5.35. The second-order valence-electron chi connectivity index (χ2n) is 5.54. The number of carbonyl (C=O) groups excluding carboxylic acids is 1. The van der Waals surface area contributed by atoms with Gasteiger partial charge in [0, 0.05) is 36.3 Å². The average molecular weight is 308 g/mol. The minimum Gasteiger partial charge on any atom is -0.454 e. The lowest BCUT2D eigenvalue weighted by molar-refractivity contribution is 0.0952. The van der Waals surface area contributed by atoms with Crippen LogP contribution in [0.25, 0.3) is 10.9 Å². The van der Waals surface area contributed by atoms with Crippen molar-refractivity contribution in [2.45, 2.75) is 6.54 Å². The molecule has 0 fully saturated rings. The molecule has 0 atom stereocenters. The van der Waals surface area contributed by atoms with Gasteiger partial charge in [0.05, 0.1) is 0 Å². The number of amides is 1. The van der Waals surface area contributed by atoms with Gasteiger partial charge in [-0.3, -0.25) is 4.79 Å². The van der Waals surface area contributed by atoms with Crippen LogP contribution < -0.4 is 14.8 Å². The van der Waals surface area contributed by atoms with Crippen LogP contribution in [0.4, 0.5) is 0 Å². The summed E-state index contributed by atoms with van der Waals surface area (Å²) in [6.07, 6.45) is 1.96. The van der Waals surface area contributed by atoms with E-state index in [4.69, 9.17) is 9.47 Å².